The molecule has 0 heterocycles. The van der Waals surface area contributed by atoms with Crippen molar-refractivity contribution in [2.24, 2.45) is 5.92 Å². The molecule has 0 aromatic rings. The third-order valence-electron chi connectivity index (χ3n) is 2.05. The van der Waals surface area contributed by atoms with Gasteiger partial charge < -0.3 is 15.5 Å². The highest BCUT2D eigenvalue weighted by Crippen LogP contribution is 2.05. The fraction of sp³-hybridized carbons (Fsp3) is 1.00. The van der Waals surface area contributed by atoms with Crippen molar-refractivity contribution in [2.75, 3.05) is 19.8 Å². The lowest BCUT2D eigenvalue weighted by molar-refractivity contribution is 0.190. The minimum Gasteiger partial charge on any atom is -0.395 e. The average molecular weight is 161 g/mol. The molecule has 2 atom stereocenters. The SMILES string of the molecule is CCC(C)C(CO)NCCO. The van der Waals surface area contributed by atoms with E-state index in [9.17, 15) is 0 Å². The van der Waals surface area contributed by atoms with Crippen LogP contribution in [0.3, 0.4) is 0 Å². The molecule has 0 spiro atoms. The first-order valence-corrected chi connectivity index (χ1v) is 4.21. The van der Waals surface area contributed by atoms with Crippen LogP contribution in [0.25, 0.3) is 0 Å². The number of hydrogen-bond acceptors (Lipinski definition) is 3. The van der Waals surface area contributed by atoms with Crippen molar-refractivity contribution in [3.8, 4) is 0 Å². The molecule has 2 unspecified atom stereocenters. The van der Waals surface area contributed by atoms with Crippen LogP contribution in [0, 0.1) is 5.92 Å². The molecule has 0 saturated carbocycles. The summed E-state index contributed by atoms with van der Waals surface area (Å²) < 4.78 is 0. The molecule has 0 radical (unpaired) electrons. The highest BCUT2D eigenvalue weighted by atomic mass is 16.3. The molecule has 0 aromatic carbocycles. The van der Waals surface area contributed by atoms with Gasteiger partial charge in [-0.05, 0) is 5.92 Å². The molecule has 0 fully saturated rings. The molecule has 3 N–H and O–H groups in total. The van der Waals surface area contributed by atoms with Gasteiger partial charge in [0.25, 0.3) is 0 Å². The van der Waals surface area contributed by atoms with Gasteiger partial charge in [0.15, 0.2) is 0 Å². The molecule has 0 aliphatic heterocycles. The molecule has 11 heavy (non-hydrogen) atoms. The Hall–Kier alpha value is -0.120. The van der Waals surface area contributed by atoms with Crippen molar-refractivity contribution in [2.45, 2.75) is 26.3 Å². The molecule has 0 aliphatic rings. The molecular weight excluding hydrogens is 142 g/mol. The van der Waals surface area contributed by atoms with Crippen LogP contribution in [0.2, 0.25) is 0 Å². The minimum atomic E-state index is 0.132. The van der Waals surface area contributed by atoms with Gasteiger partial charge in [0, 0.05) is 12.6 Å². The number of aliphatic hydroxyl groups excluding tert-OH is 2. The Kier molecular flexibility index (Phi) is 6.51. The van der Waals surface area contributed by atoms with E-state index in [0.29, 0.717) is 12.5 Å². The number of rotatable bonds is 6. The van der Waals surface area contributed by atoms with Crippen molar-refractivity contribution in [3.63, 3.8) is 0 Å². The van der Waals surface area contributed by atoms with Crippen LogP contribution in [0.5, 0.6) is 0 Å². The quantitative estimate of drug-likeness (QED) is 0.513. The second kappa shape index (κ2) is 6.58. The van der Waals surface area contributed by atoms with Crippen LogP contribution in [0.15, 0.2) is 0 Å². The Bertz CT molecular complexity index is 88.2. The molecule has 3 nitrogen and oxygen atoms in total. The standard InChI is InChI=1S/C8H19NO2/c1-3-7(2)8(6-11)9-4-5-10/h7-11H,3-6H2,1-2H3. The van der Waals surface area contributed by atoms with Gasteiger partial charge in [-0.1, -0.05) is 20.3 Å². The molecule has 0 bridgehead atoms. The average Bonchev–Trinajstić information content (AvgIpc) is 2.05. The van der Waals surface area contributed by atoms with Crippen LogP contribution >= 0.6 is 0 Å². The molecule has 3 heteroatoms. The number of aliphatic hydroxyl groups is 2. The summed E-state index contributed by atoms with van der Waals surface area (Å²) in [6, 6.07) is 0.132. The zero-order chi connectivity index (χ0) is 8.69. The lowest BCUT2D eigenvalue weighted by atomic mass is 10.0. The van der Waals surface area contributed by atoms with Crippen molar-refractivity contribution in [1.29, 1.82) is 0 Å². The van der Waals surface area contributed by atoms with E-state index >= 15 is 0 Å². The van der Waals surface area contributed by atoms with Crippen LogP contribution in [-0.4, -0.2) is 36.0 Å². The number of hydrogen-bond donors (Lipinski definition) is 3. The van der Waals surface area contributed by atoms with Gasteiger partial charge in [0.05, 0.1) is 13.2 Å². The minimum absolute atomic E-state index is 0.132. The van der Waals surface area contributed by atoms with E-state index in [-0.39, 0.29) is 19.3 Å². The summed E-state index contributed by atoms with van der Waals surface area (Å²) in [4.78, 5) is 0. The van der Waals surface area contributed by atoms with Gasteiger partial charge >= 0.3 is 0 Å². The van der Waals surface area contributed by atoms with E-state index in [1.807, 2.05) is 0 Å². The Morgan fingerprint density at radius 3 is 2.36 bits per heavy atom. The van der Waals surface area contributed by atoms with Crippen molar-refractivity contribution in [1.82, 2.24) is 5.32 Å². The van der Waals surface area contributed by atoms with Gasteiger partial charge in [0.2, 0.25) is 0 Å². The van der Waals surface area contributed by atoms with Gasteiger partial charge in [-0.25, -0.2) is 0 Å². The topological polar surface area (TPSA) is 52.5 Å². The normalized spacial score (nSPS) is 16.4. The summed E-state index contributed by atoms with van der Waals surface area (Å²) in [5.41, 5.74) is 0. The second-order valence-corrected chi connectivity index (χ2v) is 2.85. The fourth-order valence-electron chi connectivity index (χ4n) is 0.980. The first kappa shape index (κ1) is 10.9. The summed E-state index contributed by atoms with van der Waals surface area (Å²) >= 11 is 0. The second-order valence-electron chi connectivity index (χ2n) is 2.85. The van der Waals surface area contributed by atoms with Crippen molar-refractivity contribution in [3.05, 3.63) is 0 Å². The van der Waals surface area contributed by atoms with Gasteiger partial charge in [-0.15, -0.1) is 0 Å². The summed E-state index contributed by atoms with van der Waals surface area (Å²) in [6.45, 7) is 5.02. The Labute approximate surface area is 68.4 Å². The molecule has 0 saturated heterocycles. The first-order valence-electron chi connectivity index (χ1n) is 4.21. The largest absolute Gasteiger partial charge is 0.395 e. The predicted octanol–water partition coefficient (Wildman–Crippen LogP) is -0.0247. The predicted molar refractivity (Wildman–Crippen MR) is 45.4 cm³/mol. The van der Waals surface area contributed by atoms with E-state index in [1.165, 1.54) is 0 Å². The van der Waals surface area contributed by atoms with Gasteiger partial charge in [0.1, 0.15) is 0 Å². The van der Waals surface area contributed by atoms with Gasteiger partial charge in [-0.2, -0.15) is 0 Å². The lowest BCUT2D eigenvalue weighted by Gasteiger charge is -2.21. The third-order valence-corrected chi connectivity index (χ3v) is 2.05. The Morgan fingerprint density at radius 2 is 2.00 bits per heavy atom. The summed E-state index contributed by atoms with van der Waals surface area (Å²) in [7, 11) is 0. The summed E-state index contributed by atoms with van der Waals surface area (Å²) in [5.74, 6) is 0.464. The number of nitrogens with one attached hydrogen (secondary N) is 1. The molecule has 68 valence electrons. The third kappa shape index (κ3) is 4.35. The maximum absolute atomic E-state index is 8.91. The van der Waals surface area contributed by atoms with Crippen LogP contribution in [-0.2, 0) is 0 Å². The van der Waals surface area contributed by atoms with E-state index < -0.39 is 0 Å². The highest BCUT2D eigenvalue weighted by Gasteiger charge is 2.12. The van der Waals surface area contributed by atoms with Crippen molar-refractivity contribution >= 4 is 0 Å². The van der Waals surface area contributed by atoms with Gasteiger partial charge in [-0.3, -0.25) is 0 Å². The first-order chi connectivity index (χ1) is 5.26. The summed E-state index contributed by atoms with van der Waals surface area (Å²) in [6.07, 6.45) is 1.05. The van der Waals surface area contributed by atoms with Crippen LogP contribution in [0.1, 0.15) is 20.3 Å². The molecule has 0 aliphatic carbocycles. The van der Waals surface area contributed by atoms with Crippen molar-refractivity contribution < 1.29 is 10.2 Å². The lowest BCUT2D eigenvalue weighted by Crippen LogP contribution is -2.39. The summed E-state index contributed by atoms with van der Waals surface area (Å²) in [5, 5.41) is 20.5. The molecule has 0 rings (SSSR count). The fourth-order valence-corrected chi connectivity index (χ4v) is 0.980. The van der Waals surface area contributed by atoms with E-state index in [2.05, 4.69) is 19.2 Å². The smallest absolute Gasteiger partial charge is 0.0587 e. The zero-order valence-corrected chi connectivity index (χ0v) is 7.38. The molecule has 0 amide bonds. The monoisotopic (exact) mass is 161 g/mol. The molecule has 0 aromatic heterocycles. The van der Waals surface area contributed by atoms with E-state index in [0.717, 1.165) is 6.42 Å². The Morgan fingerprint density at radius 1 is 1.36 bits per heavy atom. The Balaban J connectivity index is 3.56. The van der Waals surface area contributed by atoms with E-state index in [4.69, 9.17) is 10.2 Å². The maximum atomic E-state index is 8.91. The van der Waals surface area contributed by atoms with E-state index in [1.54, 1.807) is 0 Å². The van der Waals surface area contributed by atoms with Crippen LogP contribution < -0.4 is 5.32 Å². The maximum Gasteiger partial charge on any atom is 0.0587 e. The molecular formula is C8H19NO2. The zero-order valence-electron chi connectivity index (χ0n) is 7.38. The highest BCUT2D eigenvalue weighted by molar-refractivity contribution is 4.70. The van der Waals surface area contributed by atoms with Crippen LogP contribution in [0.4, 0.5) is 0 Å².